The van der Waals surface area contributed by atoms with Gasteiger partial charge in [0, 0.05) is 0 Å². The van der Waals surface area contributed by atoms with Crippen LogP contribution in [0.25, 0.3) is 0 Å². The van der Waals surface area contributed by atoms with Crippen LogP contribution in [-0.2, 0) is 0 Å². The predicted octanol–water partition coefficient (Wildman–Crippen LogP) is 4.49. The molecule has 2 aliphatic carbocycles. The molecule has 0 aromatic rings. The lowest BCUT2D eigenvalue weighted by Crippen LogP contribution is -2.51. The first-order valence-electron chi connectivity index (χ1n) is 10.8. The van der Waals surface area contributed by atoms with Gasteiger partial charge >= 0.3 is 0 Å². The van der Waals surface area contributed by atoms with Gasteiger partial charge in [0.1, 0.15) is 0 Å². The van der Waals surface area contributed by atoms with Crippen molar-refractivity contribution in [3.63, 3.8) is 0 Å². The first-order chi connectivity index (χ1) is 11.7. The van der Waals surface area contributed by atoms with Crippen molar-refractivity contribution in [1.29, 1.82) is 0 Å². The van der Waals surface area contributed by atoms with Crippen LogP contribution in [0.4, 0.5) is 0 Å². The Morgan fingerprint density at radius 1 is 0.692 bits per heavy atom. The van der Waals surface area contributed by atoms with Gasteiger partial charge in [0.05, 0.1) is 18.3 Å². The maximum absolute atomic E-state index is 10.7. The standard InChI is InChI=1S/C23H44O3/c1-13-9-19(24)17(22(3,4)5)11-15(13)10-16-12-18(23(6,7)8)21(26)20(25)14(16)2/h13-21,24-26H,9-12H2,1-8H3. The lowest BCUT2D eigenvalue weighted by molar-refractivity contribution is -0.127. The maximum Gasteiger partial charge on any atom is 0.0835 e. The van der Waals surface area contributed by atoms with Crippen molar-refractivity contribution in [2.75, 3.05) is 0 Å². The van der Waals surface area contributed by atoms with Gasteiger partial charge in [-0.05, 0) is 72.0 Å². The molecule has 0 radical (unpaired) electrons. The largest absolute Gasteiger partial charge is 0.393 e. The van der Waals surface area contributed by atoms with E-state index in [9.17, 15) is 15.3 Å². The summed E-state index contributed by atoms with van der Waals surface area (Å²) in [7, 11) is 0. The van der Waals surface area contributed by atoms with E-state index in [-0.39, 0.29) is 28.8 Å². The van der Waals surface area contributed by atoms with Crippen molar-refractivity contribution in [3.05, 3.63) is 0 Å². The van der Waals surface area contributed by atoms with Crippen molar-refractivity contribution < 1.29 is 15.3 Å². The van der Waals surface area contributed by atoms with Crippen molar-refractivity contribution in [2.24, 2.45) is 46.3 Å². The third kappa shape index (κ3) is 4.64. The van der Waals surface area contributed by atoms with E-state index >= 15 is 0 Å². The number of hydrogen-bond donors (Lipinski definition) is 3. The molecule has 9 atom stereocenters. The molecule has 2 fully saturated rings. The smallest absolute Gasteiger partial charge is 0.0835 e. The van der Waals surface area contributed by atoms with E-state index < -0.39 is 12.2 Å². The number of aliphatic hydroxyl groups excluding tert-OH is 3. The SMILES string of the molecule is CC1CC(O)C(C(C)(C)C)CC1CC1CC(C(C)(C)C)C(O)C(O)C1C. The minimum atomic E-state index is -0.624. The van der Waals surface area contributed by atoms with E-state index in [2.05, 4.69) is 55.4 Å². The molecule has 26 heavy (non-hydrogen) atoms. The van der Waals surface area contributed by atoms with Gasteiger partial charge in [-0.2, -0.15) is 0 Å². The van der Waals surface area contributed by atoms with Gasteiger partial charge < -0.3 is 15.3 Å². The molecule has 2 rings (SSSR count). The second kappa shape index (κ2) is 7.72. The topological polar surface area (TPSA) is 60.7 Å². The summed E-state index contributed by atoms with van der Waals surface area (Å²) in [6.45, 7) is 17.7. The van der Waals surface area contributed by atoms with Crippen LogP contribution in [0.2, 0.25) is 0 Å². The van der Waals surface area contributed by atoms with Gasteiger partial charge in [-0.1, -0.05) is 55.4 Å². The molecule has 3 heteroatoms. The minimum Gasteiger partial charge on any atom is -0.393 e. The molecular weight excluding hydrogens is 324 g/mol. The Kier molecular flexibility index (Phi) is 6.58. The molecule has 0 aromatic heterocycles. The minimum absolute atomic E-state index is 0.00110. The van der Waals surface area contributed by atoms with Crippen LogP contribution >= 0.6 is 0 Å². The lowest BCUT2D eigenvalue weighted by Gasteiger charge is -2.49. The van der Waals surface area contributed by atoms with Crippen LogP contribution in [-0.4, -0.2) is 33.6 Å². The summed E-state index contributed by atoms with van der Waals surface area (Å²) in [5, 5.41) is 31.9. The van der Waals surface area contributed by atoms with Crippen LogP contribution in [0.5, 0.6) is 0 Å². The number of hydrogen-bond acceptors (Lipinski definition) is 3. The molecule has 0 aliphatic heterocycles. The Morgan fingerprint density at radius 2 is 1.19 bits per heavy atom. The molecule has 3 nitrogen and oxygen atoms in total. The molecule has 0 spiro atoms. The first kappa shape index (κ1) is 22.2. The maximum atomic E-state index is 10.7. The van der Waals surface area contributed by atoms with Crippen LogP contribution in [0.15, 0.2) is 0 Å². The zero-order valence-electron chi connectivity index (χ0n) is 18.4. The fourth-order valence-electron chi connectivity index (χ4n) is 5.79. The van der Waals surface area contributed by atoms with E-state index in [4.69, 9.17) is 0 Å². The molecule has 0 aromatic carbocycles. The van der Waals surface area contributed by atoms with E-state index in [1.165, 1.54) is 0 Å². The van der Waals surface area contributed by atoms with Gasteiger partial charge in [0.25, 0.3) is 0 Å². The van der Waals surface area contributed by atoms with Crippen LogP contribution in [0.1, 0.15) is 81.1 Å². The molecule has 2 saturated carbocycles. The average molecular weight is 369 g/mol. The highest BCUT2D eigenvalue weighted by Gasteiger charge is 2.47. The molecule has 3 N–H and O–H groups in total. The van der Waals surface area contributed by atoms with Crippen molar-refractivity contribution >= 4 is 0 Å². The first-order valence-corrected chi connectivity index (χ1v) is 10.8. The molecule has 0 amide bonds. The van der Waals surface area contributed by atoms with Crippen molar-refractivity contribution in [3.8, 4) is 0 Å². The highest BCUT2D eigenvalue weighted by molar-refractivity contribution is 4.97. The third-order valence-electron chi connectivity index (χ3n) is 7.87. The molecule has 0 saturated heterocycles. The zero-order chi connectivity index (χ0) is 20.0. The second-order valence-electron chi connectivity index (χ2n) is 11.8. The van der Waals surface area contributed by atoms with Crippen molar-refractivity contribution in [1.82, 2.24) is 0 Å². The fraction of sp³-hybridized carbons (Fsp3) is 1.00. The van der Waals surface area contributed by atoms with Crippen LogP contribution < -0.4 is 0 Å². The number of aliphatic hydroxyl groups is 3. The monoisotopic (exact) mass is 368 g/mol. The fourth-order valence-corrected chi connectivity index (χ4v) is 5.79. The Bertz CT molecular complexity index is 461. The molecule has 154 valence electrons. The Labute approximate surface area is 161 Å². The molecule has 9 unspecified atom stereocenters. The summed E-state index contributed by atoms with van der Waals surface area (Å²) in [6.07, 6.45) is 2.64. The van der Waals surface area contributed by atoms with Gasteiger partial charge in [-0.25, -0.2) is 0 Å². The Hall–Kier alpha value is -0.120. The van der Waals surface area contributed by atoms with E-state index in [0.717, 1.165) is 25.7 Å². The molecule has 2 aliphatic rings. The van der Waals surface area contributed by atoms with E-state index in [1.807, 2.05) is 0 Å². The van der Waals surface area contributed by atoms with Crippen molar-refractivity contribution in [2.45, 2.75) is 99.4 Å². The number of rotatable bonds is 2. The third-order valence-corrected chi connectivity index (χ3v) is 7.87. The predicted molar refractivity (Wildman–Crippen MR) is 108 cm³/mol. The molecule has 0 bridgehead atoms. The van der Waals surface area contributed by atoms with Crippen LogP contribution in [0.3, 0.4) is 0 Å². The van der Waals surface area contributed by atoms with E-state index in [1.54, 1.807) is 0 Å². The van der Waals surface area contributed by atoms with E-state index in [0.29, 0.717) is 23.7 Å². The normalized spacial score (nSPS) is 45.6. The van der Waals surface area contributed by atoms with Gasteiger partial charge in [-0.15, -0.1) is 0 Å². The summed E-state index contributed by atoms with van der Waals surface area (Å²) in [5.41, 5.74) is 0.126. The zero-order valence-corrected chi connectivity index (χ0v) is 18.4. The molecular formula is C23H44O3. The highest BCUT2D eigenvalue weighted by Crippen LogP contribution is 2.49. The summed E-state index contributed by atoms with van der Waals surface area (Å²) in [4.78, 5) is 0. The second-order valence-corrected chi connectivity index (χ2v) is 11.8. The summed E-state index contributed by atoms with van der Waals surface area (Å²) in [5.74, 6) is 2.18. The lowest BCUT2D eigenvalue weighted by atomic mass is 9.58. The van der Waals surface area contributed by atoms with Gasteiger partial charge in [0.2, 0.25) is 0 Å². The highest BCUT2D eigenvalue weighted by atomic mass is 16.3. The summed E-state index contributed by atoms with van der Waals surface area (Å²) < 4.78 is 0. The average Bonchev–Trinajstić information content (AvgIpc) is 2.47. The quantitative estimate of drug-likeness (QED) is 0.673. The van der Waals surface area contributed by atoms with Gasteiger partial charge in [-0.3, -0.25) is 0 Å². The van der Waals surface area contributed by atoms with Gasteiger partial charge in [0.15, 0.2) is 0 Å². The summed E-state index contributed by atoms with van der Waals surface area (Å²) >= 11 is 0. The Morgan fingerprint density at radius 3 is 1.69 bits per heavy atom. The molecule has 0 heterocycles. The summed E-state index contributed by atoms with van der Waals surface area (Å²) in [6, 6.07) is 0. The Balaban J connectivity index is 2.14. The van der Waals surface area contributed by atoms with Crippen LogP contribution in [0, 0.1) is 46.3 Å².